The summed E-state index contributed by atoms with van der Waals surface area (Å²) >= 11 is 2.21. The smallest absolute Gasteiger partial charge is 0.130 e. The van der Waals surface area contributed by atoms with Crippen molar-refractivity contribution in [2.24, 2.45) is 0 Å². The van der Waals surface area contributed by atoms with Gasteiger partial charge in [0.1, 0.15) is 11.4 Å². The molecule has 144 valence electrons. The summed E-state index contributed by atoms with van der Waals surface area (Å²) in [5.74, 6) is 0.320. The summed E-state index contributed by atoms with van der Waals surface area (Å²) in [5.41, 5.74) is 1.61. The van der Waals surface area contributed by atoms with Crippen molar-refractivity contribution in [2.45, 2.75) is 31.0 Å². The predicted molar refractivity (Wildman–Crippen MR) is 120 cm³/mol. The molecule has 3 nitrogen and oxygen atoms in total. The topological polar surface area (TPSA) is 43.7 Å². The van der Waals surface area contributed by atoms with Crippen molar-refractivity contribution < 1.29 is 10.2 Å². The van der Waals surface area contributed by atoms with Crippen LogP contribution < -0.4 is 0 Å². The van der Waals surface area contributed by atoms with Crippen molar-refractivity contribution in [1.82, 2.24) is 4.90 Å². The average Bonchev–Trinajstić information content (AvgIpc) is 3.19. The Kier molecular flexibility index (Phi) is 5.71. The first kappa shape index (κ1) is 19.4. The minimum absolute atomic E-state index is 0.0593. The van der Waals surface area contributed by atoms with E-state index in [9.17, 15) is 10.2 Å². The molecular formula is C24H24INO2. The zero-order valence-electron chi connectivity index (χ0n) is 15.6. The van der Waals surface area contributed by atoms with E-state index in [0.29, 0.717) is 12.3 Å². The van der Waals surface area contributed by atoms with Crippen LogP contribution in [0.15, 0.2) is 78.9 Å². The van der Waals surface area contributed by atoms with E-state index < -0.39 is 5.60 Å². The van der Waals surface area contributed by atoms with Gasteiger partial charge in [0.15, 0.2) is 0 Å². The number of phenolic OH excluding ortho intramolecular Hbond substituents is 1. The average molecular weight is 485 g/mol. The molecule has 3 aromatic rings. The van der Waals surface area contributed by atoms with Gasteiger partial charge in [-0.3, -0.25) is 4.90 Å². The number of aromatic hydroxyl groups is 1. The van der Waals surface area contributed by atoms with Gasteiger partial charge >= 0.3 is 0 Å². The number of likely N-dealkylation sites (tertiary alicyclic amines) is 1. The third kappa shape index (κ3) is 3.69. The quantitative estimate of drug-likeness (QED) is 0.506. The highest BCUT2D eigenvalue weighted by Gasteiger charge is 2.45. The molecule has 1 atom stereocenters. The molecule has 3 aromatic carbocycles. The van der Waals surface area contributed by atoms with Gasteiger partial charge < -0.3 is 10.2 Å². The summed E-state index contributed by atoms with van der Waals surface area (Å²) in [6, 6.07) is 25.6. The lowest BCUT2D eigenvalue weighted by Gasteiger charge is -2.40. The van der Waals surface area contributed by atoms with Crippen LogP contribution >= 0.6 is 22.6 Å². The highest BCUT2D eigenvalue weighted by Crippen LogP contribution is 2.41. The second kappa shape index (κ2) is 8.23. The molecule has 1 aliphatic rings. The zero-order chi connectivity index (χ0) is 19.6. The number of nitrogens with zero attached hydrogens (tertiary/aromatic N) is 1. The van der Waals surface area contributed by atoms with Gasteiger partial charge in [-0.25, -0.2) is 0 Å². The Morgan fingerprint density at radius 3 is 2.11 bits per heavy atom. The maximum Gasteiger partial charge on any atom is 0.130 e. The van der Waals surface area contributed by atoms with Gasteiger partial charge in [0.25, 0.3) is 0 Å². The first-order chi connectivity index (χ1) is 13.6. The van der Waals surface area contributed by atoms with Crippen molar-refractivity contribution in [3.8, 4) is 5.75 Å². The fraction of sp³-hybridized carbons (Fsp3) is 0.250. The summed E-state index contributed by atoms with van der Waals surface area (Å²) in [4.78, 5) is 2.31. The van der Waals surface area contributed by atoms with Crippen molar-refractivity contribution in [3.63, 3.8) is 0 Å². The van der Waals surface area contributed by atoms with Crippen LogP contribution in [-0.4, -0.2) is 27.7 Å². The highest BCUT2D eigenvalue weighted by molar-refractivity contribution is 14.1. The molecular weight excluding hydrogens is 461 g/mol. The maximum atomic E-state index is 12.1. The van der Waals surface area contributed by atoms with Gasteiger partial charge in [0, 0.05) is 21.7 Å². The Morgan fingerprint density at radius 1 is 0.929 bits per heavy atom. The van der Waals surface area contributed by atoms with Crippen molar-refractivity contribution in [2.75, 3.05) is 6.54 Å². The Morgan fingerprint density at radius 2 is 1.54 bits per heavy atom. The second-order valence-corrected chi connectivity index (χ2v) is 8.65. The van der Waals surface area contributed by atoms with Gasteiger partial charge in [-0.15, -0.1) is 0 Å². The number of hydrogen-bond donors (Lipinski definition) is 2. The summed E-state index contributed by atoms with van der Waals surface area (Å²) in [5, 5.41) is 22.5. The van der Waals surface area contributed by atoms with Crippen LogP contribution in [0.2, 0.25) is 0 Å². The molecule has 0 aliphatic carbocycles. The molecule has 0 unspecified atom stereocenters. The Balaban J connectivity index is 1.73. The molecule has 28 heavy (non-hydrogen) atoms. The van der Waals surface area contributed by atoms with Gasteiger partial charge in [-0.1, -0.05) is 66.7 Å². The second-order valence-electron chi connectivity index (χ2n) is 7.40. The van der Waals surface area contributed by atoms with E-state index >= 15 is 0 Å². The van der Waals surface area contributed by atoms with Crippen molar-refractivity contribution in [1.29, 1.82) is 0 Å². The van der Waals surface area contributed by atoms with Crippen LogP contribution in [0.4, 0.5) is 0 Å². The molecule has 4 heteroatoms. The predicted octanol–water partition coefficient (Wildman–Crippen LogP) is 4.90. The molecule has 2 N–H and O–H groups in total. The fourth-order valence-electron chi connectivity index (χ4n) is 4.31. The standard InChI is InChI=1S/C24H24INO2/c25-21-14-13-18(22(27)16-21)17-26-15-7-12-23(26)24(28,19-8-3-1-4-9-19)20-10-5-2-6-11-20/h1-6,8-11,13-14,16,23,27-28H,7,12,15,17H2/t23-/m1/s1. The number of benzene rings is 3. The minimum atomic E-state index is -1.10. The normalized spacial score (nSPS) is 17.7. The van der Waals surface area contributed by atoms with Crippen LogP contribution in [0.3, 0.4) is 0 Å². The Bertz CT molecular complexity index is 890. The first-order valence-corrected chi connectivity index (χ1v) is 10.7. The summed E-state index contributed by atoms with van der Waals surface area (Å²) in [6.45, 7) is 1.52. The van der Waals surface area contributed by atoms with E-state index in [0.717, 1.165) is 39.6 Å². The third-order valence-corrected chi connectivity index (χ3v) is 6.37. The zero-order valence-corrected chi connectivity index (χ0v) is 17.8. The Labute approximate surface area is 179 Å². The molecule has 1 fully saturated rings. The van der Waals surface area contributed by atoms with Crippen LogP contribution in [-0.2, 0) is 12.1 Å². The number of rotatable bonds is 5. The van der Waals surface area contributed by atoms with Crippen molar-refractivity contribution >= 4 is 22.6 Å². The monoisotopic (exact) mass is 485 g/mol. The maximum absolute atomic E-state index is 12.1. The highest BCUT2D eigenvalue weighted by atomic mass is 127. The van der Waals surface area contributed by atoms with Gasteiger partial charge in [-0.05, 0) is 65.2 Å². The first-order valence-electron chi connectivity index (χ1n) is 9.64. The fourth-order valence-corrected chi connectivity index (χ4v) is 4.79. The lowest BCUT2D eigenvalue weighted by molar-refractivity contribution is -0.00672. The molecule has 0 spiro atoms. The SMILES string of the molecule is Oc1cc(I)ccc1CN1CCC[C@@H]1C(O)(c1ccccc1)c1ccccc1. The van der Waals surface area contributed by atoms with Gasteiger partial charge in [-0.2, -0.15) is 0 Å². The van der Waals surface area contributed by atoms with Crippen LogP contribution in [0.25, 0.3) is 0 Å². The van der Waals surface area contributed by atoms with Crippen LogP contribution in [0, 0.1) is 3.57 Å². The number of aliphatic hydroxyl groups is 1. The number of halogens is 1. The van der Waals surface area contributed by atoms with Crippen LogP contribution in [0.5, 0.6) is 5.75 Å². The van der Waals surface area contributed by atoms with Gasteiger partial charge in [0.2, 0.25) is 0 Å². The van der Waals surface area contributed by atoms with Crippen LogP contribution in [0.1, 0.15) is 29.5 Å². The van der Waals surface area contributed by atoms with E-state index in [1.54, 1.807) is 6.07 Å². The molecule has 0 amide bonds. The molecule has 1 saturated heterocycles. The number of hydrogen-bond acceptors (Lipinski definition) is 3. The molecule has 1 heterocycles. The molecule has 1 aliphatic heterocycles. The third-order valence-electron chi connectivity index (χ3n) is 5.69. The van der Waals surface area contributed by atoms with E-state index in [1.165, 1.54) is 0 Å². The number of phenols is 1. The molecule has 0 aromatic heterocycles. The Hall–Kier alpha value is -1.89. The largest absolute Gasteiger partial charge is 0.508 e. The van der Waals surface area contributed by atoms with E-state index in [-0.39, 0.29) is 6.04 Å². The molecule has 0 bridgehead atoms. The van der Waals surface area contributed by atoms with E-state index in [1.807, 2.05) is 72.8 Å². The van der Waals surface area contributed by atoms with Crippen molar-refractivity contribution in [3.05, 3.63) is 99.1 Å². The van der Waals surface area contributed by atoms with E-state index in [4.69, 9.17) is 0 Å². The van der Waals surface area contributed by atoms with E-state index in [2.05, 4.69) is 27.5 Å². The lowest BCUT2D eigenvalue weighted by atomic mass is 9.79. The lowest BCUT2D eigenvalue weighted by Crippen LogP contribution is -2.48. The summed E-state index contributed by atoms with van der Waals surface area (Å²) in [7, 11) is 0. The summed E-state index contributed by atoms with van der Waals surface area (Å²) in [6.07, 6.45) is 1.93. The molecule has 0 saturated carbocycles. The minimum Gasteiger partial charge on any atom is -0.508 e. The molecule has 0 radical (unpaired) electrons. The molecule has 4 rings (SSSR count). The summed E-state index contributed by atoms with van der Waals surface area (Å²) < 4.78 is 1.02. The van der Waals surface area contributed by atoms with Gasteiger partial charge in [0.05, 0.1) is 0 Å².